The number of fused-ring (bicyclic) bond motifs is 1. The highest BCUT2D eigenvalue weighted by atomic mass is 32.2. The smallest absolute Gasteiger partial charge is 0.354 e. The predicted molar refractivity (Wildman–Crippen MR) is 143 cm³/mol. The number of thiol groups is 1. The molecular weight excluding hydrogens is 504 g/mol. The molecule has 2 N–H and O–H groups in total. The number of thioether (sulfide) groups is 1. The number of ether oxygens (including phenoxy) is 3. The first-order chi connectivity index (χ1) is 17.3. The number of aromatic amines is 1. The molecule has 1 aromatic heterocycles. The Kier molecular flexibility index (Phi) is 11.1. The SMILES string of the molecule is COC(=O)/C=C(/Nc1ccccc1CS)C(=O)OC.COC(=O)c1cc(=O)c2cccc(SC)c2[nH]1. The molecule has 2 aromatic carbocycles. The summed E-state index contributed by atoms with van der Waals surface area (Å²) in [5.74, 6) is -1.34. The second-order valence-corrected chi connectivity index (χ2v) is 8.10. The monoisotopic (exact) mass is 530 g/mol. The summed E-state index contributed by atoms with van der Waals surface area (Å²) < 4.78 is 13.7. The van der Waals surface area contributed by atoms with E-state index in [1.165, 1.54) is 39.2 Å². The molecule has 3 aromatic rings. The average molecular weight is 531 g/mol. The van der Waals surface area contributed by atoms with Crippen molar-refractivity contribution in [2.24, 2.45) is 0 Å². The molecule has 0 aliphatic heterocycles. The fourth-order valence-electron chi connectivity index (χ4n) is 2.99. The van der Waals surface area contributed by atoms with E-state index in [4.69, 9.17) is 0 Å². The van der Waals surface area contributed by atoms with Crippen molar-refractivity contribution in [3.8, 4) is 0 Å². The number of carbonyl (C=O) groups excluding carboxylic acids is 3. The minimum absolute atomic E-state index is 0.00332. The van der Waals surface area contributed by atoms with E-state index in [0.717, 1.165) is 16.5 Å². The van der Waals surface area contributed by atoms with Gasteiger partial charge in [-0.3, -0.25) is 4.79 Å². The molecule has 36 heavy (non-hydrogen) atoms. The lowest BCUT2D eigenvalue weighted by molar-refractivity contribution is -0.138. The first-order valence-corrected chi connectivity index (χ1v) is 12.3. The molecule has 0 bridgehead atoms. The van der Waals surface area contributed by atoms with Crippen molar-refractivity contribution < 1.29 is 28.6 Å². The number of pyridine rings is 1. The van der Waals surface area contributed by atoms with Gasteiger partial charge in [0.1, 0.15) is 11.4 Å². The molecule has 3 rings (SSSR count). The van der Waals surface area contributed by atoms with Crippen LogP contribution >= 0.6 is 24.4 Å². The van der Waals surface area contributed by atoms with Gasteiger partial charge < -0.3 is 24.5 Å². The van der Waals surface area contributed by atoms with Gasteiger partial charge >= 0.3 is 17.9 Å². The van der Waals surface area contributed by atoms with Gasteiger partial charge in [0.25, 0.3) is 0 Å². The largest absolute Gasteiger partial charge is 0.466 e. The van der Waals surface area contributed by atoms with E-state index < -0.39 is 17.9 Å². The number of rotatable bonds is 7. The predicted octanol–water partition coefficient (Wildman–Crippen LogP) is 3.79. The summed E-state index contributed by atoms with van der Waals surface area (Å²) in [6.07, 6.45) is 2.96. The Morgan fingerprint density at radius 1 is 1.03 bits per heavy atom. The van der Waals surface area contributed by atoms with E-state index in [-0.39, 0.29) is 16.8 Å². The number of carbonyl (C=O) groups is 3. The summed E-state index contributed by atoms with van der Waals surface area (Å²) >= 11 is 5.71. The lowest BCUT2D eigenvalue weighted by Gasteiger charge is -2.12. The van der Waals surface area contributed by atoms with Crippen LogP contribution in [0.5, 0.6) is 0 Å². The highest BCUT2D eigenvalue weighted by Gasteiger charge is 2.14. The summed E-state index contributed by atoms with van der Waals surface area (Å²) in [7, 11) is 3.75. The number of hydrogen-bond donors (Lipinski definition) is 3. The third-order valence-corrected chi connectivity index (χ3v) is 5.90. The summed E-state index contributed by atoms with van der Waals surface area (Å²) in [6, 6.07) is 14.0. The quantitative estimate of drug-likeness (QED) is 0.138. The number of benzene rings is 2. The fourth-order valence-corrected chi connectivity index (χ4v) is 3.85. The van der Waals surface area contributed by atoms with E-state index in [1.54, 1.807) is 12.1 Å². The molecule has 0 aliphatic rings. The number of hydrogen-bond acceptors (Lipinski definition) is 10. The van der Waals surface area contributed by atoms with Crippen LogP contribution < -0.4 is 10.7 Å². The first kappa shape index (κ1) is 28.5. The minimum Gasteiger partial charge on any atom is -0.466 e. The standard InChI is InChI=1S/C13H15NO4S.C12H11NO3S/c1-17-12(15)7-11(13(16)18-2)14-10-6-4-3-5-9(10)8-19;1-16-12(15)8-6-9(14)7-4-3-5-10(17-2)11(7)13-8/h3-7,14,19H,8H2,1-2H3;3-6H,1-2H3,(H,13,14)/b11-7+;. The van der Waals surface area contributed by atoms with Gasteiger partial charge in [0, 0.05) is 27.8 Å². The number of H-pyrrole nitrogens is 1. The van der Waals surface area contributed by atoms with Crippen LogP contribution in [0.4, 0.5) is 5.69 Å². The maximum atomic E-state index is 11.9. The van der Waals surface area contributed by atoms with Gasteiger partial charge in [-0.05, 0) is 30.0 Å². The summed E-state index contributed by atoms with van der Waals surface area (Å²) in [5.41, 5.74) is 2.24. The molecule has 0 saturated heterocycles. The Bertz CT molecular complexity index is 1340. The van der Waals surface area contributed by atoms with Gasteiger partial charge in [-0.15, -0.1) is 11.8 Å². The summed E-state index contributed by atoms with van der Waals surface area (Å²) in [5, 5.41) is 3.42. The molecule has 0 spiro atoms. The zero-order valence-corrected chi connectivity index (χ0v) is 21.8. The van der Waals surface area contributed by atoms with Gasteiger partial charge in [0.05, 0.1) is 32.9 Å². The molecule has 11 heteroatoms. The summed E-state index contributed by atoms with van der Waals surface area (Å²) in [6.45, 7) is 0. The van der Waals surface area contributed by atoms with Crippen LogP contribution in [0.1, 0.15) is 16.1 Å². The molecule has 0 amide bonds. The Labute approximate surface area is 217 Å². The van der Waals surface area contributed by atoms with Gasteiger partial charge in [0.2, 0.25) is 0 Å². The fraction of sp³-hybridized carbons (Fsp3) is 0.200. The normalized spacial score (nSPS) is 10.6. The molecule has 0 radical (unpaired) electrons. The molecule has 190 valence electrons. The van der Waals surface area contributed by atoms with Crippen LogP contribution in [0.15, 0.2) is 70.0 Å². The van der Waals surface area contributed by atoms with Crippen molar-refractivity contribution in [1.29, 1.82) is 0 Å². The van der Waals surface area contributed by atoms with Crippen LogP contribution in [0.3, 0.4) is 0 Å². The second kappa shape index (κ2) is 14.0. The lowest BCUT2D eigenvalue weighted by atomic mass is 10.2. The molecule has 0 saturated carbocycles. The van der Waals surface area contributed by atoms with E-state index in [9.17, 15) is 19.2 Å². The zero-order chi connectivity index (χ0) is 26.7. The average Bonchev–Trinajstić information content (AvgIpc) is 2.91. The van der Waals surface area contributed by atoms with Crippen molar-refractivity contribution in [2.45, 2.75) is 10.6 Å². The summed E-state index contributed by atoms with van der Waals surface area (Å²) in [4.78, 5) is 49.9. The molecule has 9 nitrogen and oxygen atoms in total. The van der Waals surface area contributed by atoms with E-state index in [0.29, 0.717) is 22.3 Å². The minimum atomic E-state index is -0.653. The maximum Gasteiger partial charge on any atom is 0.354 e. The van der Waals surface area contributed by atoms with E-state index in [1.807, 2.05) is 36.6 Å². The van der Waals surface area contributed by atoms with Crippen molar-refractivity contribution in [2.75, 3.05) is 32.9 Å². The van der Waals surface area contributed by atoms with Gasteiger partial charge in [0.15, 0.2) is 5.43 Å². The maximum absolute atomic E-state index is 11.9. The van der Waals surface area contributed by atoms with Gasteiger partial charge in [-0.25, -0.2) is 14.4 Å². The van der Waals surface area contributed by atoms with E-state index >= 15 is 0 Å². The highest BCUT2D eigenvalue weighted by molar-refractivity contribution is 7.98. The van der Waals surface area contributed by atoms with Gasteiger partial charge in [-0.2, -0.15) is 12.6 Å². The molecule has 0 unspecified atom stereocenters. The number of para-hydroxylation sites is 2. The van der Waals surface area contributed by atoms with Crippen molar-refractivity contribution in [1.82, 2.24) is 4.98 Å². The number of methoxy groups -OCH3 is 3. The third kappa shape index (κ3) is 7.40. The topological polar surface area (TPSA) is 124 Å². The Morgan fingerprint density at radius 3 is 2.36 bits per heavy atom. The Morgan fingerprint density at radius 2 is 1.75 bits per heavy atom. The molecule has 0 aliphatic carbocycles. The van der Waals surface area contributed by atoms with Crippen LogP contribution in [0.2, 0.25) is 0 Å². The molecular formula is C25H26N2O7S2. The molecule has 0 atom stereocenters. The Balaban J connectivity index is 0.000000255. The number of nitrogens with one attached hydrogen (secondary N) is 2. The number of esters is 3. The first-order valence-electron chi connectivity index (χ1n) is 10.4. The zero-order valence-electron chi connectivity index (χ0n) is 20.1. The highest BCUT2D eigenvalue weighted by Crippen LogP contribution is 2.23. The van der Waals surface area contributed by atoms with Crippen molar-refractivity contribution in [3.63, 3.8) is 0 Å². The van der Waals surface area contributed by atoms with Crippen molar-refractivity contribution >= 4 is 58.9 Å². The Hall–Kier alpha value is -3.70. The third-order valence-electron chi connectivity index (χ3n) is 4.78. The van der Waals surface area contributed by atoms with Crippen LogP contribution in [0.25, 0.3) is 10.9 Å². The van der Waals surface area contributed by atoms with Crippen molar-refractivity contribution in [3.05, 3.63) is 81.8 Å². The van der Waals surface area contributed by atoms with E-state index in [2.05, 4.69) is 37.1 Å². The van der Waals surface area contributed by atoms with Crippen LogP contribution in [-0.4, -0.2) is 50.5 Å². The molecule has 0 fully saturated rings. The number of aromatic nitrogens is 1. The van der Waals surface area contributed by atoms with Crippen LogP contribution in [-0.2, 0) is 29.6 Å². The number of anilines is 1. The lowest BCUT2D eigenvalue weighted by Crippen LogP contribution is -2.16. The van der Waals surface area contributed by atoms with Gasteiger partial charge in [-0.1, -0.05) is 24.3 Å². The second-order valence-electron chi connectivity index (χ2n) is 6.93. The van der Waals surface area contributed by atoms with Crippen LogP contribution in [0, 0.1) is 0 Å². The molecule has 1 heterocycles.